The average Bonchev–Trinajstić information content (AvgIpc) is 2.58. The lowest BCUT2D eigenvalue weighted by Gasteiger charge is -2.19. The Hall–Kier alpha value is -1.42. The summed E-state index contributed by atoms with van der Waals surface area (Å²) in [6.07, 6.45) is -0.281. The minimum Gasteiger partial charge on any atom is -0.517 e. The van der Waals surface area contributed by atoms with Crippen LogP contribution in [0.2, 0.25) is 19.6 Å². The van der Waals surface area contributed by atoms with Gasteiger partial charge in [0.1, 0.15) is 0 Å². The Balaban J connectivity index is 2.30. The molecule has 4 heteroatoms. The summed E-state index contributed by atoms with van der Waals surface area (Å²) in [5.74, 6) is 1.24. The van der Waals surface area contributed by atoms with Crippen molar-refractivity contribution in [3.05, 3.63) is 41.8 Å². The molecular formula is C13H18O3Si. The summed E-state index contributed by atoms with van der Waals surface area (Å²) >= 11 is 0. The van der Waals surface area contributed by atoms with E-state index in [9.17, 15) is 0 Å². The van der Waals surface area contributed by atoms with Crippen LogP contribution in [0, 0.1) is 0 Å². The van der Waals surface area contributed by atoms with E-state index in [-0.39, 0.29) is 6.29 Å². The minimum absolute atomic E-state index is 0.281. The molecule has 0 radical (unpaired) electrons. The molecule has 1 aliphatic rings. The zero-order valence-electron chi connectivity index (χ0n) is 10.7. The molecular weight excluding hydrogens is 232 g/mol. The molecule has 0 saturated heterocycles. The Morgan fingerprint density at radius 2 is 1.71 bits per heavy atom. The fraction of sp³-hybridized carbons (Fsp3) is 0.385. The van der Waals surface area contributed by atoms with Gasteiger partial charge in [0.15, 0.2) is 0 Å². The molecule has 1 atom stereocenters. The summed E-state index contributed by atoms with van der Waals surface area (Å²) in [5.41, 5.74) is 0.991. The quantitative estimate of drug-likeness (QED) is 0.768. The van der Waals surface area contributed by atoms with Crippen LogP contribution in [0.15, 0.2) is 36.3 Å². The second kappa shape index (κ2) is 4.45. The van der Waals surface area contributed by atoms with Crippen LogP contribution < -0.4 is 0 Å². The Bertz CT molecular complexity index is 420. The molecule has 0 bridgehead atoms. The van der Waals surface area contributed by atoms with Gasteiger partial charge in [-0.1, -0.05) is 30.3 Å². The van der Waals surface area contributed by atoms with Crippen molar-refractivity contribution in [2.75, 3.05) is 0 Å². The maximum atomic E-state index is 5.91. The van der Waals surface area contributed by atoms with Gasteiger partial charge in [0.05, 0.1) is 0 Å². The van der Waals surface area contributed by atoms with E-state index in [4.69, 9.17) is 13.9 Å². The van der Waals surface area contributed by atoms with Gasteiger partial charge in [0.2, 0.25) is 20.4 Å². The fourth-order valence-electron chi connectivity index (χ4n) is 1.57. The minimum atomic E-state index is -1.69. The fourth-order valence-corrected chi connectivity index (χ4v) is 2.26. The second-order valence-electron chi connectivity index (χ2n) is 5.00. The average molecular weight is 250 g/mol. The van der Waals surface area contributed by atoms with E-state index in [1.807, 2.05) is 37.3 Å². The van der Waals surface area contributed by atoms with Gasteiger partial charge in [-0.05, 0) is 19.6 Å². The molecule has 2 rings (SSSR count). The van der Waals surface area contributed by atoms with Crippen molar-refractivity contribution >= 4 is 14.1 Å². The highest BCUT2D eigenvalue weighted by atomic mass is 28.4. The van der Waals surface area contributed by atoms with Crippen molar-refractivity contribution in [3.8, 4) is 0 Å². The molecule has 1 unspecified atom stereocenters. The number of ether oxygens (including phenoxy) is 2. The van der Waals surface area contributed by atoms with Crippen LogP contribution >= 0.6 is 0 Å². The number of hydrogen-bond acceptors (Lipinski definition) is 3. The lowest BCUT2D eigenvalue weighted by Crippen LogP contribution is -2.25. The van der Waals surface area contributed by atoms with Crippen molar-refractivity contribution in [1.82, 2.24) is 0 Å². The third-order valence-electron chi connectivity index (χ3n) is 2.18. The molecule has 1 aromatic rings. The number of rotatable bonds is 3. The zero-order valence-corrected chi connectivity index (χ0v) is 11.7. The third kappa shape index (κ3) is 3.03. The van der Waals surface area contributed by atoms with Crippen molar-refractivity contribution in [2.24, 2.45) is 0 Å². The summed E-state index contributed by atoms with van der Waals surface area (Å²) in [5, 5.41) is 0. The van der Waals surface area contributed by atoms with E-state index in [0.29, 0.717) is 11.7 Å². The molecule has 1 heterocycles. The monoisotopic (exact) mass is 250 g/mol. The van der Waals surface area contributed by atoms with Gasteiger partial charge >= 0.3 is 5.95 Å². The second-order valence-corrected chi connectivity index (χ2v) is 9.43. The molecule has 0 aromatic heterocycles. The molecule has 0 aliphatic carbocycles. The first kappa shape index (κ1) is 12.0. The van der Waals surface area contributed by atoms with E-state index >= 15 is 0 Å². The van der Waals surface area contributed by atoms with Crippen LogP contribution in [0.5, 0.6) is 0 Å². The largest absolute Gasteiger partial charge is 0.517 e. The molecule has 92 valence electrons. The van der Waals surface area contributed by atoms with Crippen LogP contribution in [0.25, 0.3) is 5.76 Å². The van der Waals surface area contributed by atoms with Gasteiger partial charge in [-0.15, -0.1) is 0 Å². The van der Waals surface area contributed by atoms with Gasteiger partial charge in [-0.2, -0.15) is 0 Å². The van der Waals surface area contributed by atoms with Crippen LogP contribution in [-0.4, -0.2) is 14.6 Å². The maximum absolute atomic E-state index is 5.91. The third-order valence-corrected chi connectivity index (χ3v) is 2.97. The summed E-state index contributed by atoms with van der Waals surface area (Å²) < 4.78 is 17.1. The Labute approximate surface area is 103 Å². The van der Waals surface area contributed by atoms with E-state index in [1.54, 1.807) is 0 Å². The van der Waals surface area contributed by atoms with E-state index in [1.165, 1.54) is 0 Å². The molecule has 3 nitrogen and oxygen atoms in total. The van der Waals surface area contributed by atoms with Crippen LogP contribution in [-0.2, 0) is 13.9 Å². The first-order valence-corrected chi connectivity index (χ1v) is 9.18. The highest BCUT2D eigenvalue weighted by molar-refractivity contribution is 6.70. The van der Waals surface area contributed by atoms with Crippen molar-refractivity contribution in [2.45, 2.75) is 32.9 Å². The van der Waals surface area contributed by atoms with Gasteiger partial charge in [-0.25, -0.2) is 0 Å². The SMILES string of the molecule is CC1OC(O[Si](C)(C)C)=C(c2ccccc2)O1. The van der Waals surface area contributed by atoms with Crippen LogP contribution in [0.1, 0.15) is 12.5 Å². The van der Waals surface area contributed by atoms with Crippen LogP contribution in [0.4, 0.5) is 0 Å². The highest BCUT2D eigenvalue weighted by Crippen LogP contribution is 2.32. The Kier molecular flexibility index (Phi) is 3.15. The molecule has 0 saturated carbocycles. The molecule has 0 amide bonds. The van der Waals surface area contributed by atoms with E-state index in [0.717, 1.165) is 5.56 Å². The summed E-state index contributed by atoms with van der Waals surface area (Å²) in [4.78, 5) is 0. The van der Waals surface area contributed by atoms with E-state index < -0.39 is 8.32 Å². The van der Waals surface area contributed by atoms with Gasteiger partial charge in [-0.3, -0.25) is 0 Å². The van der Waals surface area contributed by atoms with Crippen LogP contribution in [0.3, 0.4) is 0 Å². The predicted octanol–water partition coefficient (Wildman–Crippen LogP) is 3.56. The van der Waals surface area contributed by atoms with Gasteiger partial charge in [0.25, 0.3) is 0 Å². The normalized spacial score (nSPS) is 19.9. The van der Waals surface area contributed by atoms with Crippen molar-refractivity contribution in [1.29, 1.82) is 0 Å². The standard InChI is InChI=1S/C13H18O3Si/c1-10-14-12(11-8-6-5-7-9-11)13(15-10)16-17(2,3)4/h5-10H,1-4H3. The Morgan fingerprint density at radius 1 is 1.06 bits per heavy atom. The number of hydrogen-bond donors (Lipinski definition) is 0. The highest BCUT2D eigenvalue weighted by Gasteiger charge is 2.30. The summed E-state index contributed by atoms with van der Waals surface area (Å²) in [6, 6.07) is 9.90. The van der Waals surface area contributed by atoms with Crippen molar-refractivity contribution < 1.29 is 13.9 Å². The first-order chi connectivity index (χ1) is 7.96. The molecule has 1 aromatic carbocycles. The predicted molar refractivity (Wildman–Crippen MR) is 69.4 cm³/mol. The smallest absolute Gasteiger partial charge is 0.313 e. The Morgan fingerprint density at radius 3 is 2.29 bits per heavy atom. The zero-order chi connectivity index (χ0) is 12.5. The lowest BCUT2D eigenvalue weighted by atomic mass is 10.2. The molecule has 17 heavy (non-hydrogen) atoms. The summed E-state index contributed by atoms with van der Waals surface area (Å²) in [6.45, 7) is 8.22. The van der Waals surface area contributed by atoms with Crippen molar-refractivity contribution in [3.63, 3.8) is 0 Å². The topological polar surface area (TPSA) is 27.7 Å². The molecule has 0 N–H and O–H groups in total. The van der Waals surface area contributed by atoms with E-state index in [2.05, 4.69) is 19.6 Å². The maximum Gasteiger partial charge on any atom is 0.313 e. The summed E-state index contributed by atoms with van der Waals surface area (Å²) in [7, 11) is -1.69. The molecule has 1 aliphatic heterocycles. The first-order valence-electron chi connectivity index (χ1n) is 5.78. The van der Waals surface area contributed by atoms with Gasteiger partial charge < -0.3 is 13.9 Å². The molecule has 0 spiro atoms. The van der Waals surface area contributed by atoms with Gasteiger partial charge in [0, 0.05) is 12.5 Å². The lowest BCUT2D eigenvalue weighted by molar-refractivity contribution is -0.0362. The molecule has 0 fully saturated rings. The number of benzene rings is 1.